The summed E-state index contributed by atoms with van der Waals surface area (Å²) in [5, 5.41) is 5.83. The standard InChI is InChI=1S/C23H19Cl2N3O3S/c1-29-19-7-3-4-8-20(19)30-10-11-31-22-15(12-16(24)13-17(22)25)14-26-28-23-27-18-6-2-5-9-21(18)32-23/h2-9,12-14H,10-11H2,1H3,(H,27,28)/b26-14-. The third kappa shape index (κ3) is 5.43. The first-order chi connectivity index (χ1) is 15.6. The van der Waals surface area contributed by atoms with Crippen LogP contribution in [0.3, 0.4) is 0 Å². The smallest absolute Gasteiger partial charge is 0.204 e. The van der Waals surface area contributed by atoms with Crippen LogP contribution in [0.1, 0.15) is 5.56 Å². The van der Waals surface area contributed by atoms with Crippen LogP contribution in [0.2, 0.25) is 10.0 Å². The highest BCUT2D eigenvalue weighted by molar-refractivity contribution is 7.22. The molecule has 0 atom stereocenters. The number of thiazole rings is 1. The summed E-state index contributed by atoms with van der Waals surface area (Å²) in [5.74, 6) is 1.77. The highest BCUT2D eigenvalue weighted by Gasteiger charge is 2.11. The van der Waals surface area contributed by atoms with Crippen LogP contribution in [-0.4, -0.2) is 31.5 Å². The molecule has 3 aromatic carbocycles. The third-order valence-corrected chi connectivity index (χ3v) is 5.79. The maximum Gasteiger partial charge on any atom is 0.204 e. The maximum atomic E-state index is 6.37. The minimum Gasteiger partial charge on any atom is -0.493 e. The fourth-order valence-electron chi connectivity index (χ4n) is 2.94. The highest BCUT2D eigenvalue weighted by Crippen LogP contribution is 2.32. The molecule has 0 saturated carbocycles. The number of anilines is 1. The van der Waals surface area contributed by atoms with E-state index in [0.29, 0.717) is 44.6 Å². The third-order valence-electron chi connectivity index (χ3n) is 4.35. The highest BCUT2D eigenvalue weighted by atomic mass is 35.5. The molecule has 164 valence electrons. The zero-order valence-corrected chi connectivity index (χ0v) is 19.4. The number of nitrogens with zero attached hydrogens (tertiary/aromatic N) is 2. The van der Waals surface area contributed by atoms with Gasteiger partial charge in [-0.2, -0.15) is 5.10 Å². The Morgan fingerprint density at radius 2 is 1.75 bits per heavy atom. The summed E-state index contributed by atoms with van der Waals surface area (Å²) < 4.78 is 18.0. The van der Waals surface area contributed by atoms with Gasteiger partial charge in [-0.05, 0) is 36.4 Å². The van der Waals surface area contributed by atoms with Crippen LogP contribution in [0.25, 0.3) is 10.2 Å². The van der Waals surface area contributed by atoms with Crippen molar-refractivity contribution in [2.24, 2.45) is 5.10 Å². The number of aromatic nitrogens is 1. The molecule has 4 rings (SSSR count). The van der Waals surface area contributed by atoms with E-state index in [1.165, 1.54) is 11.3 Å². The summed E-state index contributed by atoms with van der Waals surface area (Å²) in [5.41, 5.74) is 4.50. The van der Waals surface area contributed by atoms with Crippen molar-refractivity contribution in [3.63, 3.8) is 0 Å². The Morgan fingerprint density at radius 1 is 1.00 bits per heavy atom. The topological polar surface area (TPSA) is 65.0 Å². The first-order valence-electron chi connectivity index (χ1n) is 9.66. The molecule has 9 heteroatoms. The van der Waals surface area contributed by atoms with Crippen LogP contribution in [-0.2, 0) is 0 Å². The molecule has 0 aliphatic heterocycles. The minimum absolute atomic E-state index is 0.269. The molecular formula is C23H19Cl2N3O3S. The van der Waals surface area contributed by atoms with Crippen molar-refractivity contribution in [2.45, 2.75) is 0 Å². The van der Waals surface area contributed by atoms with Gasteiger partial charge in [0.1, 0.15) is 19.0 Å². The molecule has 32 heavy (non-hydrogen) atoms. The molecule has 6 nitrogen and oxygen atoms in total. The predicted molar refractivity (Wildman–Crippen MR) is 131 cm³/mol. The van der Waals surface area contributed by atoms with E-state index in [4.69, 9.17) is 37.4 Å². The Balaban J connectivity index is 1.41. The number of hydrogen-bond donors (Lipinski definition) is 1. The fourth-order valence-corrected chi connectivity index (χ4v) is 4.32. The van der Waals surface area contributed by atoms with Gasteiger partial charge in [0.25, 0.3) is 0 Å². The Kier molecular flexibility index (Phi) is 7.32. The van der Waals surface area contributed by atoms with Crippen LogP contribution in [0.15, 0.2) is 65.8 Å². The van der Waals surface area contributed by atoms with Gasteiger partial charge in [-0.1, -0.05) is 58.8 Å². The lowest BCUT2D eigenvalue weighted by molar-refractivity contribution is 0.211. The number of ether oxygens (including phenoxy) is 3. The van der Waals surface area contributed by atoms with Crippen LogP contribution < -0.4 is 19.6 Å². The first kappa shape index (κ1) is 22.2. The average molecular weight is 488 g/mol. The van der Waals surface area contributed by atoms with E-state index in [1.54, 1.807) is 25.5 Å². The molecule has 0 aliphatic carbocycles. The molecule has 0 spiro atoms. The number of benzene rings is 3. The summed E-state index contributed by atoms with van der Waals surface area (Å²) in [6.07, 6.45) is 1.60. The second-order valence-electron chi connectivity index (χ2n) is 6.51. The Bertz CT molecular complexity index is 1210. The van der Waals surface area contributed by atoms with Crippen LogP contribution in [0.4, 0.5) is 5.13 Å². The lowest BCUT2D eigenvalue weighted by Crippen LogP contribution is -2.11. The minimum atomic E-state index is 0.269. The molecule has 0 aliphatic rings. The van der Waals surface area contributed by atoms with Gasteiger partial charge in [-0.15, -0.1) is 0 Å². The number of hydrazone groups is 1. The van der Waals surface area contributed by atoms with Crippen molar-refractivity contribution in [3.05, 3.63) is 76.3 Å². The maximum absolute atomic E-state index is 6.37. The Morgan fingerprint density at radius 3 is 2.56 bits per heavy atom. The van der Waals surface area contributed by atoms with E-state index in [2.05, 4.69) is 15.5 Å². The van der Waals surface area contributed by atoms with Crippen molar-refractivity contribution in [1.29, 1.82) is 0 Å². The number of para-hydroxylation sites is 3. The van der Waals surface area contributed by atoms with E-state index in [0.717, 1.165) is 10.2 Å². The second-order valence-corrected chi connectivity index (χ2v) is 8.38. The van der Waals surface area contributed by atoms with Crippen LogP contribution in [0, 0.1) is 0 Å². The molecule has 1 aromatic heterocycles. The van der Waals surface area contributed by atoms with Gasteiger partial charge in [-0.3, -0.25) is 5.43 Å². The quantitative estimate of drug-likeness (QED) is 0.165. The molecular weight excluding hydrogens is 469 g/mol. The number of hydrogen-bond acceptors (Lipinski definition) is 7. The zero-order valence-electron chi connectivity index (χ0n) is 17.0. The zero-order chi connectivity index (χ0) is 22.3. The summed E-state index contributed by atoms with van der Waals surface area (Å²) in [4.78, 5) is 4.49. The predicted octanol–water partition coefficient (Wildman–Crippen LogP) is 6.52. The number of rotatable bonds is 9. The van der Waals surface area contributed by atoms with Crippen molar-refractivity contribution in [1.82, 2.24) is 4.98 Å². The van der Waals surface area contributed by atoms with Crippen LogP contribution in [0.5, 0.6) is 17.2 Å². The second kappa shape index (κ2) is 10.5. The SMILES string of the molecule is COc1ccccc1OCCOc1c(Cl)cc(Cl)cc1/C=N\Nc1nc2ccccc2s1. The Labute approximate surface area is 199 Å². The average Bonchev–Trinajstić information content (AvgIpc) is 3.21. The van der Waals surface area contributed by atoms with Crippen molar-refractivity contribution < 1.29 is 14.2 Å². The van der Waals surface area contributed by atoms with Gasteiger partial charge < -0.3 is 14.2 Å². The normalized spacial score (nSPS) is 11.1. The van der Waals surface area contributed by atoms with E-state index >= 15 is 0 Å². The number of halogens is 2. The van der Waals surface area contributed by atoms with E-state index < -0.39 is 0 Å². The Hall–Kier alpha value is -3.00. The van der Waals surface area contributed by atoms with Crippen molar-refractivity contribution >= 4 is 56.1 Å². The van der Waals surface area contributed by atoms with Crippen LogP contribution >= 0.6 is 34.5 Å². The van der Waals surface area contributed by atoms with E-state index in [-0.39, 0.29) is 6.61 Å². The van der Waals surface area contributed by atoms with Gasteiger partial charge in [0, 0.05) is 10.6 Å². The molecule has 0 amide bonds. The number of methoxy groups -OCH3 is 1. The van der Waals surface area contributed by atoms with E-state index in [9.17, 15) is 0 Å². The van der Waals surface area contributed by atoms with Gasteiger partial charge >= 0.3 is 0 Å². The molecule has 1 heterocycles. The largest absolute Gasteiger partial charge is 0.493 e. The summed E-state index contributed by atoms with van der Waals surface area (Å²) in [6.45, 7) is 0.575. The van der Waals surface area contributed by atoms with Crippen molar-refractivity contribution in [3.8, 4) is 17.2 Å². The lowest BCUT2D eigenvalue weighted by atomic mass is 10.2. The van der Waals surface area contributed by atoms with Crippen molar-refractivity contribution in [2.75, 3.05) is 25.7 Å². The molecule has 0 radical (unpaired) electrons. The summed E-state index contributed by atoms with van der Waals surface area (Å²) in [6, 6.07) is 18.7. The van der Waals surface area contributed by atoms with Gasteiger partial charge in [-0.25, -0.2) is 4.98 Å². The number of fused-ring (bicyclic) bond motifs is 1. The number of nitrogens with one attached hydrogen (secondary N) is 1. The first-order valence-corrected chi connectivity index (χ1v) is 11.2. The van der Waals surface area contributed by atoms with Gasteiger partial charge in [0.15, 0.2) is 11.5 Å². The molecule has 1 N–H and O–H groups in total. The molecule has 0 fully saturated rings. The monoisotopic (exact) mass is 487 g/mol. The fraction of sp³-hybridized carbons (Fsp3) is 0.130. The van der Waals surface area contributed by atoms with Gasteiger partial charge in [0.05, 0.1) is 28.6 Å². The summed E-state index contributed by atoms with van der Waals surface area (Å²) >= 11 is 14.1. The van der Waals surface area contributed by atoms with Gasteiger partial charge in [0.2, 0.25) is 5.13 Å². The molecule has 0 bridgehead atoms. The lowest BCUT2D eigenvalue weighted by Gasteiger charge is -2.13. The van der Waals surface area contributed by atoms with E-state index in [1.807, 2.05) is 48.5 Å². The summed E-state index contributed by atoms with van der Waals surface area (Å²) in [7, 11) is 1.60. The molecule has 0 unspecified atom stereocenters. The molecule has 0 saturated heterocycles. The molecule has 4 aromatic rings.